The van der Waals surface area contributed by atoms with Gasteiger partial charge in [0, 0.05) is 6.08 Å². The average molecular weight is 757 g/mol. The Balaban J connectivity index is 1.48. The highest BCUT2D eigenvalue weighted by atomic mass is 16.8. The Bertz CT molecular complexity index is 1560. The number of phenols is 4. The van der Waals surface area contributed by atoms with Crippen molar-refractivity contribution in [3.05, 3.63) is 53.6 Å². The second-order valence-electron chi connectivity index (χ2n) is 12.8. The Labute approximate surface area is 302 Å². The standard InChI is InChI=1S/C34H44O19/c1-14-24(42)26(44)28(46)33(49-14)52-30-29(51-23(41)7-4-15-2-5-17(36)19(38)10-15)22(12-35)50-34(47-9-8-16-3-6-18(37)20(39)11-16)31(30)53-32-27(45)25(43)21(40)13-48-32/h2-7,10-11,14,21-22,24-40,42-46H,8-9,12-13H2,1H3/b7-4+/t14-,21-,22+,24-,25-,26+,27-,28+,29+,30+,31-,32+,33+,34-/m1/s1. The van der Waals surface area contributed by atoms with Crippen molar-refractivity contribution in [3.8, 4) is 23.0 Å². The molecule has 3 saturated heterocycles. The third kappa shape index (κ3) is 9.53. The van der Waals surface area contributed by atoms with Crippen LogP contribution in [-0.2, 0) is 44.4 Å². The summed E-state index contributed by atoms with van der Waals surface area (Å²) in [5, 5.41) is 112. The van der Waals surface area contributed by atoms with Gasteiger partial charge in [-0.05, 0) is 54.8 Å². The number of carbonyl (C=O) groups excluding carboxylic acids is 1. The second kappa shape index (κ2) is 17.6. The van der Waals surface area contributed by atoms with Gasteiger partial charge in [0.05, 0.1) is 25.9 Å². The van der Waals surface area contributed by atoms with Gasteiger partial charge in [0.1, 0.15) is 54.9 Å². The summed E-state index contributed by atoms with van der Waals surface area (Å²) >= 11 is 0. The van der Waals surface area contributed by atoms with E-state index in [1.54, 1.807) is 0 Å². The molecule has 3 aliphatic heterocycles. The fourth-order valence-electron chi connectivity index (χ4n) is 5.93. The largest absolute Gasteiger partial charge is 0.504 e. The van der Waals surface area contributed by atoms with Crippen LogP contribution >= 0.6 is 0 Å². The molecule has 294 valence electrons. The van der Waals surface area contributed by atoms with E-state index in [1.807, 2.05) is 0 Å². The topological polar surface area (TPSA) is 304 Å². The summed E-state index contributed by atoms with van der Waals surface area (Å²) in [7, 11) is 0. The van der Waals surface area contributed by atoms with Crippen molar-refractivity contribution in [1.82, 2.24) is 0 Å². The molecule has 19 nitrogen and oxygen atoms in total. The lowest BCUT2D eigenvalue weighted by Crippen LogP contribution is -2.67. The minimum absolute atomic E-state index is 0.116. The number of aromatic hydroxyl groups is 4. The van der Waals surface area contributed by atoms with E-state index in [9.17, 15) is 61.0 Å². The highest BCUT2D eigenvalue weighted by Gasteiger charge is 2.55. The first-order valence-corrected chi connectivity index (χ1v) is 16.6. The van der Waals surface area contributed by atoms with Crippen LogP contribution in [0, 0.1) is 0 Å². The van der Waals surface area contributed by atoms with E-state index in [4.69, 9.17) is 33.2 Å². The summed E-state index contributed by atoms with van der Waals surface area (Å²) in [5.74, 6) is -2.64. The highest BCUT2D eigenvalue weighted by Crippen LogP contribution is 2.35. The molecule has 0 spiro atoms. The van der Waals surface area contributed by atoms with E-state index < -0.39 is 117 Å². The molecule has 3 aliphatic rings. The van der Waals surface area contributed by atoms with E-state index in [0.29, 0.717) is 5.56 Å². The van der Waals surface area contributed by atoms with Gasteiger partial charge in [0.25, 0.3) is 0 Å². The second-order valence-corrected chi connectivity index (χ2v) is 12.8. The lowest BCUT2D eigenvalue weighted by molar-refractivity contribution is -0.385. The number of ether oxygens (including phenoxy) is 7. The Morgan fingerprint density at radius 1 is 0.755 bits per heavy atom. The maximum atomic E-state index is 13.2. The maximum Gasteiger partial charge on any atom is 0.331 e. The van der Waals surface area contributed by atoms with Crippen molar-refractivity contribution in [3.63, 3.8) is 0 Å². The van der Waals surface area contributed by atoms with Crippen LogP contribution in [0.15, 0.2) is 42.5 Å². The molecule has 3 fully saturated rings. The summed E-state index contributed by atoms with van der Waals surface area (Å²) in [6.07, 6.45) is -20.4. The third-order valence-corrected chi connectivity index (χ3v) is 8.99. The molecule has 3 heterocycles. The number of carbonyl (C=O) groups is 1. The Morgan fingerprint density at radius 2 is 1.42 bits per heavy atom. The molecule has 2 aromatic rings. The molecule has 0 radical (unpaired) electrons. The van der Waals surface area contributed by atoms with Crippen LogP contribution in [0.25, 0.3) is 6.08 Å². The predicted molar refractivity (Wildman–Crippen MR) is 174 cm³/mol. The lowest BCUT2D eigenvalue weighted by atomic mass is 9.96. The summed E-state index contributed by atoms with van der Waals surface area (Å²) in [5.41, 5.74) is 0.800. The number of hydrogen-bond acceptors (Lipinski definition) is 19. The van der Waals surface area contributed by atoms with Crippen LogP contribution < -0.4 is 0 Å². The molecule has 0 bridgehead atoms. The number of aliphatic hydroxyl groups excluding tert-OH is 7. The normalized spacial score (nSPS) is 36.4. The summed E-state index contributed by atoms with van der Waals surface area (Å²) in [6.45, 7) is -0.101. The average Bonchev–Trinajstić information content (AvgIpc) is 3.13. The molecule has 2 aromatic carbocycles. The highest BCUT2D eigenvalue weighted by molar-refractivity contribution is 5.87. The molecule has 11 N–H and O–H groups in total. The summed E-state index contributed by atoms with van der Waals surface area (Å²) in [6, 6.07) is 7.81. The minimum Gasteiger partial charge on any atom is -0.504 e. The van der Waals surface area contributed by atoms with Crippen molar-refractivity contribution >= 4 is 12.0 Å². The smallest absolute Gasteiger partial charge is 0.331 e. The van der Waals surface area contributed by atoms with Crippen molar-refractivity contribution in [2.75, 3.05) is 19.8 Å². The third-order valence-electron chi connectivity index (χ3n) is 8.99. The van der Waals surface area contributed by atoms with Gasteiger partial charge in [-0.15, -0.1) is 0 Å². The Kier molecular flexibility index (Phi) is 13.5. The zero-order valence-electron chi connectivity index (χ0n) is 28.2. The van der Waals surface area contributed by atoms with Crippen molar-refractivity contribution < 1.29 is 94.1 Å². The van der Waals surface area contributed by atoms with Gasteiger partial charge in [0.2, 0.25) is 0 Å². The van der Waals surface area contributed by atoms with E-state index in [-0.39, 0.29) is 30.1 Å². The van der Waals surface area contributed by atoms with Crippen LogP contribution in [0.2, 0.25) is 0 Å². The first-order chi connectivity index (χ1) is 25.2. The van der Waals surface area contributed by atoms with Crippen molar-refractivity contribution in [2.45, 2.75) is 99.4 Å². The van der Waals surface area contributed by atoms with Gasteiger partial charge in [0.15, 0.2) is 48.0 Å². The molecule has 0 aromatic heterocycles. The predicted octanol–water partition coefficient (Wildman–Crippen LogP) is -2.55. The van der Waals surface area contributed by atoms with E-state index in [0.717, 1.165) is 6.08 Å². The Morgan fingerprint density at radius 3 is 2.09 bits per heavy atom. The van der Waals surface area contributed by atoms with Gasteiger partial charge in [-0.2, -0.15) is 0 Å². The van der Waals surface area contributed by atoms with Crippen LogP contribution in [-0.4, -0.2) is 168 Å². The van der Waals surface area contributed by atoms with Gasteiger partial charge >= 0.3 is 5.97 Å². The molecule has 0 saturated carbocycles. The monoisotopic (exact) mass is 756 g/mol. The first kappa shape index (κ1) is 40.5. The number of phenolic OH excluding ortho intramolecular Hbond substituents is 4. The molecule has 14 atom stereocenters. The van der Waals surface area contributed by atoms with Gasteiger partial charge in [-0.1, -0.05) is 12.1 Å². The van der Waals surface area contributed by atoms with Crippen molar-refractivity contribution in [2.24, 2.45) is 0 Å². The number of rotatable bonds is 12. The maximum absolute atomic E-state index is 13.2. The number of aliphatic hydroxyl groups is 7. The minimum atomic E-state index is -1.88. The molecule has 5 rings (SSSR count). The van der Waals surface area contributed by atoms with E-state index in [2.05, 4.69) is 0 Å². The number of hydrogen-bond donors (Lipinski definition) is 11. The zero-order valence-corrected chi connectivity index (χ0v) is 28.2. The van der Waals surface area contributed by atoms with Crippen LogP contribution in [0.3, 0.4) is 0 Å². The fourth-order valence-corrected chi connectivity index (χ4v) is 5.93. The van der Waals surface area contributed by atoms with Gasteiger partial charge in [-0.25, -0.2) is 4.79 Å². The molecular weight excluding hydrogens is 712 g/mol. The molecule has 0 aliphatic carbocycles. The fraction of sp³-hybridized carbons (Fsp3) is 0.559. The zero-order chi connectivity index (χ0) is 38.6. The van der Waals surface area contributed by atoms with E-state index >= 15 is 0 Å². The molecule has 0 unspecified atom stereocenters. The molecule has 53 heavy (non-hydrogen) atoms. The molecule has 0 amide bonds. The van der Waals surface area contributed by atoms with Gasteiger partial charge < -0.3 is 89.3 Å². The summed E-state index contributed by atoms with van der Waals surface area (Å²) < 4.78 is 40.9. The van der Waals surface area contributed by atoms with Gasteiger partial charge in [-0.3, -0.25) is 0 Å². The molecular formula is C34H44O19. The lowest BCUT2D eigenvalue weighted by Gasteiger charge is -2.49. The Hall–Kier alpha value is -3.67. The summed E-state index contributed by atoms with van der Waals surface area (Å²) in [4.78, 5) is 13.2. The van der Waals surface area contributed by atoms with Crippen molar-refractivity contribution in [1.29, 1.82) is 0 Å². The van der Waals surface area contributed by atoms with Crippen LogP contribution in [0.1, 0.15) is 18.1 Å². The SMILES string of the molecule is C[C@H]1O[C@@H](O[C@H]2[C@@H](OC(=O)/C=C/c3ccc(O)c(O)c3)[C@H](CO)O[C@@H](OCCc3ccc(O)c(O)c3)[C@@H]2O[C@@H]2OC[C@@H](O)[C@@H](O)[C@H]2O)[C@@H](O)[C@@H](O)[C@@H]1O. The molecule has 19 heteroatoms. The van der Waals surface area contributed by atoms with E-state index in [1.165, 1.54) is 49.4 Å². The number of esters is 1. The number of benzene rings is 2. The first-order valence-electron chi connectivity index (χ1n) is 16.6. The quantitative estimate of drug-likeness (QED) is 0.0603. The van der Waals surface area contributed by atoms with Crippen LogP contribution in [0.5, 0.6) is 23.0 Å². The van der Waals surface area contributed by atoms with Crippen LogP contribution in [0.4, 0.5) is 0 Å².